The minimum Gasteiger partial charge on any atom is -0.379 e. The van der Waals surface area contributed by atoms with Crippen molar-refractivity contribution in [1.29, 1.82) is 0 Å². The minimum absolute atomic E-state index is 0.370. The van der Waals surface area contributed by atoms with Crippen LogP contribution in [0.25, 0.3) is 0 Å². The van der Waals surface area contributed by atoms with Crippen molar-refractivity contribution in [2.24, 2.45) is 5.92 Å². The van der Waals surface area contributed by atoms with E-state index >= 15 is 0 Å². The summed E-state index contributed by atoms with van der Waals surface area (Å²) in [6.07, 6.45) is 3.87. The van der Waals surface area contributed by atoms with Crippen molar-refractivity contribution in [2.75, 3.05) is 13.2 Å². The first-order valence-corrected chi connectivity index (χ1v) is 5.07. The number of hydrogen-bond acceptors (Lipinski definition) is 2. The Balaban J connectivity index is 1.96. The fraction of sp³-hybridized carbons (Fsp3) is 1.00. The summed E-state index contributed by atoms with van der Waals surface area (Å²) in [6, 6.07) is 0.728. The third-order valence-electron chi connectivity index (χ3n) is 3.33. The van der Waals surface area contributed by atoms with Gasteiger partial charge in [0.25, 0.3) is 0 Å². The standard InChI is InChI=1S/C10H19NO/c1-8(2)9-3-4-10(11-9)5-6-12-7-10/h8-9,11H,3-7H2,1-2H3. The van der Waals surface area contributed by atoms with Crippen molar-refractivity contribution in [3.63, 3.8) is 0 Å². The lowest BCUT2D eigenvalue weighted by atomic mass is 9.97. The molecule has 0 aromatic heterocycles. The summed E-state index contributed by atoms with van der Waals surface area (Å²) in [6.45, 7) is 6.49. The largest absolute Gasteiger partial charge is 0.379 e. The Hall–Kier alpha value is -0.0800. The second kappa shape index (κ2) is 3.00. The molecule has 0 aromatic carbocycles. The minimum atomic E-state index is 0.370. The van der Waals surface area contributed by atoms with Crippen molar-refractivity contribution in [3.05, 3.63) is 0 Å². The van der Waals surface area contributed by atoms with Gasteiger partial charge in [-0.15, -0.1) is 0 Å². The summed E-state index contributed by atoms with van der Waals surface area (Å²) >= 11 is 0. The first-order chi connectivity index (χ1) is 5.72. The van der Waals surface area contributed by atoms with Gasteiger partial charge in [-0.3, -0.25) is 0 Å². The molecule has 0 saturated carbocycles. The van der Waals surface area contributed by atoms with Crippen LogP contribution in [0.4, 0.5) is 0 Å². The van der Waals surface area contributed by atoms with Gasteiger partial charge in [0, 0.05) is 18.2 Å². The predicted octanol–water partition coefficient (Wildman–Crippen LogP) is 1.55. The molecule has 2 atom stereocenters. The van der Waals surface area contributed by atoms with Crippen molar-refractivity contribution in [2.45, 2.75) is 44.7 Å². The smallest absolute Gasteiger partial charge is 0.0649 e. The van der Waals surface area contributed by atoms with E-state index < -0.39 is 0 Å². The van der Waals surface area contributed by atoms with E-state index in [4.69, 9.17) is 4.74 Å². The molecule has 2 heteroatoms. The maximum absolute atomic E-state index is 5.45. The highest BCUT2D eigenvalue weighted by atomic mass is 16.5. The molecule has 2 rings (SSSR count). The zero-order chi connectivity index (χ0) is 8.60. The fourth-order valence-electron chi connectivity index (χ4n) is 2.39. The Kier molecular flexibility index (Phi) is 2.13. The Morgan fingerprint density at radius 1 is 1.42 bits per heavy atom. The van der Waals surface area contributed by atoms with Crippen LogP contribution in [0.5, 0.6) is 0 Å². The summed E-state index contributed by atoms with van der Waals surface area (Å²) in [5, 5.41) is 3.74. The highest BCUT2D eigenvalue weighted by Gasteiger charge is 2.41. The summed E-state index contributed by atoms with van der Waals surface area (Å²) in [5.74, 6) is 0.768. The molecule has 0 aromatic rings. The number of nitrogens with one attached hydrogen (secondary N) is 1. The van der Waals surface area contributed by atoms with Crippen LogP contribution in [0.3, 0.4) is 0 Å². The van der Waals surface area contributed by atoms with E-state index in [9.17, 15) is 0 Å². The van der Waals surface area contributed by atoms with Crippen LogP contribution < -0.4 is 5.32 Å². The second-order valence-electron chi connectivity index (χ2n) is 4.62. The van der Waals surface area contributed by atoms with Gasteiger partial charge in [-0.1, -0.05) is 13.8 Å². The average Bonchev–Trinajstić information content (AvgIpc) is 2.62. The van der Waals surface area contributed by atoms with Gasteiger partial charge < -0.3 is 10.1 Å². The molecule has 70 valence electrons. The van der Waals surface area contributed by atoms with Crippen LogP contribution in [0.15, 0.2) is 0 Å². The van der Waals surface area contributed by atoms with E-state index in [0.717, 1.165) is 25.2 Å². The molecule has 2 nitrogen and oxygen atoms in total. The van der Waals surface area contributed by atoms with Gasteiger partial charge in [0.2, 0.25) is 0 Å². The van der Waals surface area contributed by atoms with Gasteiger partial charge in [-0.2, -0.15) is 0 Å². The van der Waals surface area contributed by atoms with Crippen molar-refractivity contribution < 1.29 is 4.74 Å². The molecule has 2 unspecified atom stereocenters. The maximum atomic E-state index is 5.45. The molecular weight excluding hydrogens is 150 g/mol. The highest BCUT2D eigenvalue weighted by molar-refractivity contribution is 5.00. The second-order valence-corrected chi connectivity index (χ2v) is 4.62. The van der Waals surface area contributed by atoms with Crippen LogP contribution in [0.2, 0.25) is 0 Å². The SMILES string of the molecule is CC(C)C1CCC2(CCOC2)N1. The van der Waals surface area contributed by atoms with E-state index in [1.54, 1.807) is 0 Å². The van der Waals surface area contributed by atoms with Crippen LogP contribution >= 0.6 is 0 Å². The van der Waals surface area contributed by atoms with Crippen molar-refractivity contribution in [3.8, 4) is 0 Å². The molecule has 0 aliphatic carbocycles. The van der Waals surface area contributed by atoms with Gasteiger partial charge in [-0.05, 0) is 25.2 Å². The lowest BCUT2D eigenvalue weighted by Crippen LogP contribution is -2.45. The van der Waals surface area contributed by atoms with Crippen molar-refractivity contribution in [1.82, 2.24) is 5.32 Å². The topological polar surface area (TPSA) is 21.3 Å². The molecule has 2 saturated heterocycles. The highest BCUT2D eigenvalue weighted by Crippen LogP contribution is 2.33. The van der Waals surface area contributed by atoms with Gasteiger partial charge in [0.15, 0.2) is 0 Å². The van der Waals surface area contributed by atoms with Gasteiger partial charge in [0.05, 0.1) is 6.61 Å². The molecule has 1 spiro atoms. The van der Waals surface area contributed by atoms with Crippen LogP contribution in [0.1, 0.15) is 33.1 Å². The first kappa shape index (κ1) is 8.52. The molecule has 2 fully saturated rings. The Morgan fingerprint density at radius 3 is 2.75 bits per heavy atom. The number of rotatable bonds is 1. The molecule has 12 heavy (non-hydrogen) atoms. The zero-order valence-electron chi connectivity index (χ0n) is 8.10. The Labute approximate surface area is 74.7 Å². The predicted molar refractivity (Wildman–Crippen MR) is 49.2 cm³/mol. The van der Waals surface area contributed by atoms with E-state index in [1.807, 2.05) is 0 Å². The molecule has 1 N–H and O–H groups in total. The summed E-state index contributed by atoms with van der Waals surface area (Å²) in [7, 11) is 0. The molecule has 2 heterocycles. The third-order valence-corrected chi connectivity index (χ3v) is 3.33. The van der Waals surface area contributed by atoms with E-state index in [0.29, 0.717) is 5.54 Å². The molecule has 0 radical (unpaired) electrons. The number of hydrogen-bond donors (Lipinski definition) is 1. The lowest BCUT2D eigenvalue weighted by Gasteiger charge is -2.24. The monoisotopic (exact) mass is 169 g/mol. The van der Waals surface area contributed by atoms with E-state index in [-0.39, 0.29) is 0 Å². The van der Waals surface area contributed by atoms with Crippen molar-refractivity contribution >= 4 is 0 Å². The maximum Gasteiger partial charge on any atom is 0.0649 e. The summed E-state index contributed by atoms with van der Waals surface area (Å²) in [5.41, 5.74) is 0.370. The lowest BCUT2D eigenvalue weighted by molar-refractivity contribution is 0.170. The van der Waals surface area contributed by atoms with E-state index in [2.05, 4.69) is 19.2 Å². The quantitative estimate of drug-likeness (QED) is 0.643. The average molecular weight is 169 g/mol. The first-order valence-electron chi connectivity index (χ1n) is 5.07. The van der Waals surface area contributed by atoms with Crippen LogP contribution in [0, 0.1) is 5.92 Å². The fourth-order valence-corrected chi connectivity index (χ4v) is 2.39. The van der Waals surface area contributed by atoms with Gasteiger partial charge >= 0.3 is 0 Å². The van der Waals surface area contributed by atoms with Gasteiger partial charge in [-0.25, -0.2) is 0 Å². The van der Waals surface area contributed by atoms with Crippen LogP contribution in [-0.4, -0.2) is 24.8 Å². The number of ether oxygens (including phenoxy) is 1. The molecule has 2 aliphatic rings. The molecule has 0 bridgehead atoms. The Bertz CT molecular complexity index is 161. The molecular formula is C10H19NO. The van der Waals surface area contributed by atoms with E-state index in [1.165, 1.54) is 19.3 Å². The van der Waals surface area contributed by atoms with Crippen LogP contribution in [-0.2, 0) is 4.74 Å². The summed E-state index contributed by atoms with van der Waals surface area (Å²) in [4.78, 5) is 0. The van der Waals surface area contributed by atoms with Gasteiger partial charge in [0.1, 0.15) is 0 Å². The Morgan fingerprint density at radius 2 is 2.25 bits per heavy atom. The molecule has 0 amide bonds. The summed E-state index contributed by atoms with van der Waals surface area (Å²) < 4.78 is 5.45. The zero-order valence-corrected chi connectivity index (χ0v) is 8.10. The third kappa shape index (κ3) is 1.38. The normalized spacial score (nSPS) is 41.8. The molecule has 2 aliphatic heterocycles.